The van der Waals surface area contributed by atoms with Gasteiger partial charge in [0.1, 0.15) is 0 Å². The number of benzene rings is 1. The van der Waals surface area contributed by atoms with Gasteiger partial charge in [0.05, 0.1) is 11.5 Å². The summed E-state index contributed by atoms with van der Waals surface area (Å²) in [4.78, 5) is 11.9. The summed E-state index contributed by atoms with van der Waals surface area (Å²) in [5, 5.41) is 5.96. The molecule has 1 fully saturated rings. The van der Waals surface area contributed by atoms with Crippen LogP contribution in [0.4, 0.5) is 13.2 Å². The summed E-state index contributed by atoms with van der Waals surface area (Å²) in [7, 11) is 0. The third kappa shape index (κ3) is 4.74. The van der Waals surface area contributed by atoms with Crippen molar-refractivity contribution in [2.45, 2.75) is 25.4 Å². The lowest BCUT2D eigenvalue weighted by Crippen LogP contribution is -2.41. The van der Waals surface area contributed by atoms with E-state index >= 15 is 0 Å². The first-order valence-corrected chi connectivity index (χ1v) is 7.11. The molecule has 116 valence electrons. The van der Waals surface area contributed by atoms with E-state index in [0.29, 0.717) is 25.1 Å². The number of rotatable bonds is 4. The van der Waals surface area contributed by atoms with Gasteiger partial charge in [-0.25, -0.2) is 0 Å². The van der Waals surface area contributed by atoms with E-state index < -0.39 is 11.7 Å². The molecule has 1 aliphatic heterocycles. The average Bonchev–Trinajstić information content (AvgIpc) is 2.47. The van der Waals surface area contributed by atoms with Crippen molar-refractivity contribution >= 4 is 5.91 Å². The predicted molar refractivity (Wildman–Crippen MR) is 73.8 cm³/mol. The lowest BCUT2D eigenvalue weighted by Gasteiger charge is -2.21. The SMILES string of the molecule is O=C(NCCc1cccc(C(F)(F)F)c1)[C@@H]1CCCNC1. The van der Waals surface area contributed by atoms with Gasteiger partial charge in [-0.15, -0.1) is 0 Å². The lowest BCUT2D eigenvalue weighted by atomic mass is 9.99. The van der Waals surface area contributed by atoms with E-state index in [0.717, 1.165) is 31.5 Å². The van der Waals surface area contributed by atoms with Crippen LogP contribution in [0.15, 0.2) is 24.3 Å². The molecule has 2 rings (SSSR count). The maximum atomic E-state index is 12.6. The number of carbonyl (C=O) groups is 1. The minimum atomic E-state index is -4.33. The van der Waals surface area contributed by atoms with Gasteiger partial charge in [0.15, 0.2) is 0 Å². The Hall–Kier alpha value is -1.56. The highest BCUT2D eigenvalue weighted by Gasteiger charge is 2.30. The van der Waals surface area contributed by atoms with Gasteiger partial charge in [-0.3, -0.25) is 4.79 Å². The highest BCUT2D eigenvalue weighted by Crippen LogP contribution is 2.29. The smallest absolute Gasteiger partial charge is 0.355 e. The van der Waals surface area contributed by atoms with Crippen LogP contribution in [0.5, 0.6) is 0 Å². The summed E-state index contributed by atoms with van der Waals surface area (Å²) >= 11 is 0. The second kappa shape index (κ2) is 6.93. The Balaban J connectivity index is 1.82. The van der Waals surface area contributed by atoms with Gasteiger partial charge in [0.2, 0.25) is 5.91 Å². The van der Waals surface area contributed by atoms with E-state index in [1.54, 1.807) is 6.07 Å². The Morgan fingerprint density at radius 3 is 2.86 bits per heavy atom. The Kier molecular flexibility index (Phi) is 5.22. The fourth-order valence-corrected chi connectivity index (χ4v) is 2.45. The topological polar surface area (TPSA) is 41.1 Å². The van der Waals surface area contributed by atoms with Crippen molar-refractivity contribution < 1.29 is 18.0 Å². The highest BCUT2D eigenvalue weighted by molar-refractivity contribution is 5.78. The zero-order valence-electron chi connectivity index (χ0n) is 11.7. The Morgan fingerprint density at radius 1 is 1.38 bits per heavy atom. The van der Waals surface area contributed by atoms with Crippen LogP contribution in [0.1, 0.15) is 24.0 Å². The van der Waals surface area contributed by atoms with E-state index in [2.05, 4.69) is 10.6 Å². The van der Waals surface area contributed by atoms with Crippen molar-refractivity contribution in [1.29, 1.82) is 0 Å². The Labute approximate surface area is 121 Å². The van der Waals surface area contributed by atoms with Crippen molar-refractivity contribution in [2.75, 3.05) is 19.6 Å². The standard InChI is InChI=1S/C15H19F3N2O/c16-15(17,18)13-5-1-3-11(9-13)6-8-20-14(21)12-4-2-7-19-10-12/h1,3,5,9,12,19H,2,4,6-8,10H2,(H,20,21)/t12-/m1/s1. The van der Waals surface area contributed by atoms with Crippen molar-refractivity contribution in [2.24, 2.45) is 5.92 Å². The number of piperidine rings is 1. The quantitative estimate of drug-likeness (QED) is 0.896. The molecule has 0 unspecified atom stereocenters. The average molecular weight is 300 g/mol. The van der Waals surface area contributed by atoms with E-state index in [1.807, 2.05) is 0 Å². The minimum Gasteiger partial charge on any atom is -0.355 e. The van der Waals surface area contributed by atoms with Gasteiger partial charge in [-0.05, 0) is 37.4 Å². The molecule has 1 aromatic rings. The van der Waals surface area contributed by atoms with E-state index in [4.69, 9.17) is 0 Å². The number of carbonyl (C=O) groups excluding carboxylic acids is 1. The van der Waals surface area contributed by atoms with E-state index in [9.17, 15) is 18.0 Å². The first-order chi connectivity index (χ1) is 9.97. The molecular weight excluding hydrogens is 281 g/mol. The summed E-state index contributed by atoms with van der Waals surface area (Å²) in [5.74, 6) is -0.0468. The zero-order valence-corrected chi connectivity index (χ0v) is 11.7. The number of nitrogens with one attached hydrogen (secondary N) is 2. The Morgan fingerprint density at radius 2 is 2.19 bits per heavy atom. The third-order valence-electron chi connectivity index (χ3n) is 3.63. The van der Waals surface area contributed by atoms with Gasteiger partial charge < -0.3 is 10.6 Å². The van der Waals surface area contributed by atoms with Crippen molar-refractivity contribution in [3.8, 4) is 0 Å². The van der Waals surface area contributed by atoms with Crippen LogP contribution in [-0.4, -0.2) is 25.5 Å². The molecule has 0 aromatic heterocycles. The molecule has 1 aliphatic rings. The van der Waals surface area contributed by atoms with Crippen LogP contribution < -0.4 is 10.6 Å². The number of halogens is 3. The van der Waals surface area contributed by atoms with Crippen LogP contribution in [0.25, 0.3) is 0 Å². The van der Waals surface area contributed by atoms with Gasteiger partial charge in [-0.1, -0.05) is 18.2 Å². The molecule has 1 aromatic carbocycles. The molecule has 0 radical (unpaired) electrons. The van der Waals surface area contributed by atoms with E-state index in [1.165, 1.54) is 6.07 Å². The van der Waals surface area contributed by atoms with Crippen LogP contribution in [0.2, 0.25) is 0 Å². The van der Waals surface area contributed by atoms with Crippen molar-refractivity contribution in [3.05, 3.63) is 35.4 Å². The summed E-state index contributed by atoms with van der Waals surface area (Å²) in [6.07, 6.45) is -2.09. The summed E-state index contributed by atoms with van der Waals surface area (Å²) in [6, 6.07) is 5.22. The molecule has 0 aliphatic carbocycles. The molecule has 3 nitrogen and oxygen atoms in total. The van der Waals surface area contributed by atoms with E-state index in [-0.39, 0.29) is 11.8 Å². The molecule has 1 saturated heterocycles. The maximum absolute atomic E-state index is 12.6. The fourth-order valence-electron chi connectivity index (χ4n) is 2.45. The molecule has 6 heteroatoms. The second-order valence-electron chi connectivity index (χ2n) is 5.28. The normalized spacial score (nSPS) is 19.3. The third-order valence-corrected chi connectivity index (χ3v) is 3.63. The Bertz CT molecular complexity index is 482. The first-order valence-electron chi connectivity index (χ1n) is 7.11. The van der Waals surface area contributed by atoms with Crippen molar-refractivity contribution in [3.63, 3.8) is 0 Å². The maximum Gasteiger partial charge on any atom is 0.416 e. The second-order valence-corrected chi connectivity index (χ2v) is 5.28. The van der Waals surface area contributed by atoms with Crippen LogP contribution in [-0.2, 0) is 17.4 Å². The minimum absolute atomic E-state index is 0.0193. The van der Waals surface area contributed by atoms with Gasteiger partial charge in [0.25, 0.3) is 0 Å². The summed E-state index contributed by atoms with van der Waals surface area (Å²) in [6.45, 7) is 1.97. The predicted octanol–water partition coefficient (Wildman–Crippen LogP) is 2.36. The molecule has 21 heavy (non-hydrogen) atoms. The molecule has 0 saturated carbocycles. The molecule has 0 bridgehead atoms. The fraction of sp³-hybridized carbons (Fsp3) is 0.533. The zero-order chi connectivity index (χ0) is 15.3. The van der Waals surface area contributed by atoms with Gasteiger partial charge in [-0.2, -0.15) is 13.2 Å². The number of alkyl halides is 3. The number of hydrogen-bond donors (Lipinski definition) is 2. The van der Waals surface area contributed by atoms with Crippen LogP contribution >= 0.6 is 0 Å². The molecule has 2 N–H and O–H groups in total. The molecule has 1 amide bonds. The van der Waals surface area contributed by atoms with Crippen molar-refractivity contribution in [1.82, 2.24) is 10.6 Å². The molecular formula is C15H19F3N2O. The summed E-state index contributed by atoms with van der Waals surface area (Å²) < 4.78 is 37.8. The van der Waals surface area contributed by atoms with Gasteiger partial charge >= 0.3 is 6.18 Å². The summed E-state index contributed by atoms with van der Waals surface area (Å²) in [5.41, 5.74) is -0.0744. The van der Waals surface area contributed by atoms with Gasteiger partial charge in [0, 0.05) is 13.1 Å². The van der Waals surface area contributed by atoms with Crippen LogP contribution in [0.3, 0.4) is 0 Å². The molecule has 0 spiro atoms. The molecule has 1 heterocycles. The van der Waals surface area contributed by atoms with Crippen LogP contribution in [0, 0.1) is 5.92 Å². The molecule has 1 atom stereocenters. The number of hydrogen-bond acceptors (Lipinski definition) is 2. The highest BCUT2D eigenvalue weighted by atomic mass is 19.4. The number of amides is 1. The monoisotopic (exact) mass is 300 g/mol. The lowest BCUT2D eigenvalue weighted by molar-refractivity contribution is -0.137. The first kappa shape index (κ1) is 15.8. The largest absolute Gasteiger partial charge is 0.416 e.